The largest absolute Gasteiger partial charge is 0.507 e. The van der Waals surface area contributed by atoms with Crippen LogP contribution < -0.4 is 0 Å². The average Bonchev–Trinajstić information content (AvgIpc) is 2.27. The molecule has 15 heavy (non-hydrogen) atoms. The van der Waals surface area contributed by atoms with Crippen LogP contribution in [0.25, 0.3) is 21.5 Å². The lowest BCUT2D eigenvalue weighted by Crippen LogP contribution is -1.75. The third-order valence-electron chi connectivity index (χ3n) is 2.60. The molecule has 0 amide bonds. The molecule has 0 saturated carbocycles. The van der Waals surface area contributed by atoms with Crippen molar-refractivity contribution in [3.63, 3.8) is 0 Å². The van der Waals surface area contributed by atoms with Crippen molar-refractivity contribution in [2.45, 2.75) is 0 Å². The first-order valence-corrected chi connectivity index (χ1v) is 4.78. The summed E-state index contributed by atoms with van der Waals surface area (Å²) < 4.78 is 0. The van der Waals surface area contributed by atoms with Crippen molar-refractivity contribution < 1.29 is 5.11 Å². The van der Waals surface area contributed by atoms with E-state index in [9.17, 15) is 5.11 Å². The summed E-state index contributed by atoms with van der Waals surface area (Å²) in [6.45, 7) is 0. The molecule has 70 valence electrons. The summed E-state index contributed by atoms with van der Waals surface area (Å²) in [5.74, 6) is 0.322. The summed E-state index contributed by atoms with van der Waals surface area (Å²) in [6, 6.07) is 19.2. The van der Waals surface area contributed by atoms with Gasteiger partial charge in [-0.25, -0.2) is 0 Å². The van der Waals surface area contributed by atoms with Crippen molar-refractivity contribution in [3.05, 3.63) is 54.6 Å². The molecule has 0 unspecified atom stereocenters. The van der Waals surface area contributed by atoms with Gasteiger partial charge in [0.05, 0.1) is 0 Å². The van der Waals surface area contributed by atoms with Crippen molar-refractivity contribution in [2.24, 2.45) is 0 Å². The number of benzene rings is 2. The van der Waals surface area contributed by atoms with Gasteiger partial charge in [0, 0.05) is 5.39 Å². The van der Waals surface area contributed by atoms with Crippen LogP contribution in [0.1, 0.15) is 0 Å². The van der Waals surface area contributed by atoms with E-state index < -0.39 is 0 Å². The molecular formula is C14H8O. The molecule has 0 aromatic heterocycles. The van der Waals surface area contributed by atoms with E-state index in [1.165, 1.54) is 0 Å². The van der Waals surface area contributed by atoms with E-state index in [0.717, 1.165) is 21.5 Å². The first kappa shape index (κ1) is 8.14. The van der Waals surface area contributed by atoms with E-state index >= 15 is 0 Å². The van der Waals surface area contributed by atoms with Crippen LogP contribution in [-0.4, -0.2) is 5.11 Å². The highest BCUT2D eigenvalue weighted by Gasteiger charge is 2.00. The van der Waals surface area contributed by atoms with Crippen molar-refractivity contribution in [2.75, 3.05) is 0 Å². The first-order valence-electron chi connectivity index (χ1n) is 4.78. The van der Waals surface area contributed by atoms with Gasteiger partial charge >= 0.3 is 0 Å². The molecule has 1 heteroatoms. The maximum atomic E-state index is 9.71. The number of phenols is 1. The summed E-state index contributed by atoms with van der Waals surface area (Å²) in [4.78, 5) is 0. The minimum absolute atomic E-state index is 0.322. The molecule has 0 heterocycles. The molecule has 0 bridgehead atoms. The predicted octanol–water partition coefficient (Wildman–Crippen LogP) is 3.30. The molecular weight excluding hydrogens is 184 g/mol. The Balaban J connectivity index is 2.53. The van der Waals surface area contributed by atoms with Crippen LogP contribution in [0.5, 0.6) is 5.75 Å². The molecule has 0 aliphatic carbocycles. The summed E-state index contributed by atoms with van der Waals surface area (Å²) in [6.07, 6.45) is 0. The monoisotopic (exact) mass is 192 g/mol. The highest BCUT2D eigenvalue weighted by molar-refractivity contribution is 6.00. The first-order chi connectivity index (χ1) is 7.34. The smallest absolute Gasteiger partial charge is 0.123 e. The summed E-state index contributed by atoms with van der Waals surface area (Å²) in [7, 11) is 0. The van der Waals surface area contributed by atoms with E-state index in [-0.39, 0.29) is 0 Å². The SMILES string of the molecule is Oc1cccc2cc3cc#ccc3cc12. The van der Waals surface area contributed by atoms with Crippen molar-refractivity contribution in [1.82, 2.24) is 0 Å². The number of fused-ring (bicyclic) bond motifs is 2. The van der Waals surface area contributed by atoms with E-state index in [4.69, 9.17) is 0 Å². The molecule has 3 aromatic carbocycles. The van der Waals surface area contributed by atoms with Crippen molar-refractivity contribution in [3.8, 4) is 5.75 Å². The van der Waals surface area contributed by atoms with E-state index in [0.29, 0.717) is 5.75 Å². The lowest BCUT2D eigenvalue weighted by Gasteiger charge is -2.02. The van der Waals surface area contributed by atoms with E-state index in [1.54, 1.807) is 6.07 Å². The number of aromatic hydroxyl groups is 1. The van der Waals surface area contributed by atoms with Crippen LogP contribution in [0.3, 0.4) is 0 Å². The van der Waals surface area contributed by atoms with Gasteiger partial charge in [-0.2, -0.15) is 0 Å². The Hall–Kier alpha value is -2.20. The van der Waals surface area contributed by atoms with Gasteiger partial charge in [0.15, 0.2) is 0 Å². The Labute approximate surface area is 87.6 Å². The molecule has 0 atom stereocenters. The third kappa shape index (κ3) is 1.19. The quantitative estimate of drug-likeness (QED) is 0.579. The molecule has 0 aliphatic heterocycles. The standard InChI is InChI=1S/C14H8O/c15-14-7-3-6-12-8-10-4-1-2-5-11(10)9-13(12)14/h3-9,15H. The Bertz CT molecular complexity index is 641. The van der Waals surface area contributed by atoms with Crippen molar-refractivity contribution in [1.29, 1.82) is 0 Å². The predicted molar refractivity (Wildman–Crippen MR) is 60.8 cm³/mol. The Kier molecular flexibility index (Phi) is 1.57. The van der Waals surface area contributed by atoms with Gasteiger partial charge in [-0.05, 0) is 46.5 Å². The summed E-state index contributed by atoms with van der Waals surface area (Å²) >= 11 is 0. The fourth-order valence-electron chi connectivity index (χ4n) is 1.83. The minimum Gasteiger partial charge on any atom is -0.507 e. The van der Waals surface area contributed by atoms with Gasteiger partial charge in [-0.15, -0.1) is 0 Å². The third-order valence-corrected chi connectivity index (χ3v) is 2.60. The fourth-order valence-corrected chi connectivity index (χ4v) is 1.83. The number of rotatable bonds is 0. The second-order valence-corrected chi connectivity index (χ2v) is 3.56. The van der Waals surface area contributed by atoms with Gasteiger partial charge in [0.25, 0.3) is 0 Å². The number of hydrogen-bond donors (Lipinski definition) is 1. The van der Waals surface area contributed by atoms with Gasteiger partial charge in [-0.3, -0.25) is 0 Å². The maximum Gasteiger partial charge on any atom is 0.123 e. The molecule has 0 saturated heterocycles. The molecule has 1 nitrogen and oxygen atoms in total. The normalized spacial score (nSPS) is 10.4. The molecule has 0 spiro atoms. The lowest BCUT2D eigenvalue weighted by atomic mass is 10.0. The second kappa shape index (κ2) is 2.90. The molecule has 0 fully saturated rings. The topological polar surface area (TPSA) is 20.2 Å². The number of phenolic OH excluding ortho intramolecular Hbond substituents is 1. The molecule has 1 N–H and O–H groups in total. The minimum atomic E-state index is 0.322. The van der Waals surface area contributed by atoms with Crippen LogP contribution in [0.2, 0.25) is 0 Å². The lowest BCUT2D eigenvalue weighted by molar-refractivity contribution is 0.481. The molecule has 0 aliphatic rings. The van der Waals surface area contributed by atoms with Crippen LogP contribution in [0, 0.1) is 12.1 Å². The van der Waals surface area contributed by atoms with Crippen LogP contribution >= 0.6 is 0 Å². The van der Waals surface area contributed by atoms with E-state index in [1.807, 2.05) is 30.3 Å². The highest BCUT2D eigenvalue weighted by Crippen LogP contribution is 2.28. The van der Waals surface area contributed by atoms with Gasteiger partial charge in [0.2, 0.25) is 0 Å². The Morgan fingerprint density at radius 3 is 2.40 bits per heavy atom. The van der Waals surface area contributed by atoms with E-state index in [2.05, 4.69) is 18.2 Å². The zero-order valence-electron chi connectivity index (χ0n) is 7.99. The van der Waals surface area contributed by atoms with Crippen LogP contribution in [0.15, 0.2) is 42.5 Å². The van der Waals surface area contributed by atoms with Crippen LogP contribution in [-0.2, 0) is 0 Å². The van der Waals surface area contributed by atoms with Gasteiger partial charge in [-0.1, -0.05) is 24.3 Å². The summed E-state index contributed by atoms with van der Waals surface area (Å²) in [5, 5.41) is 13.8. The Morgan fingerprint density at radius 2 is 1.60 bits per heavy atom. The van der Waals surface area contributed by atoms with Gasteiger partial charge < -0.3 is 5.11 Å². The fraction of sp³-hybridized carbons (Fsp3) is 0. The van der Waals surface area contributed by atoms with Gasteiger partial charge in [0.1, 0.15) is 5.75 Å². The zero-order chi connectivity index (χ0) is 10.3. The van der Waals surface area contributed by atoms with Crippen LogP contribution in [0.4, 0.5) is 0 Å². The molecule has 3 aromatic rings. The Morgan fingerprint density at radius 1 is 0.867 bits per heavy atom. The summed E-state index contributed by atoms with van der Waals surface area (Å²) in [5.41, 5.74) is 0. The molecule has 0 radical (unpaired) electrons. The average molecular weight is 192 g/mol. The number of hydrogen-bond acceptors (Lipinski definition) is 1. The second-order valence-electron chi connectivity index (χ2n) is 3.56. The van der Waals surface area contributed by atoms with Crippen molar-refractivity contribution >= 4 is 21.5 Å². The zero-order valence-corrected chi connectivity index (χ0v) is 7.99. The molecule has 3 rings (SSSR count). The highest BCUT2D eigenvalue weighted by atomic mass is 16.3. The maximum absolute atomic E-state index is 9.71.